The molecule has 0 radical (unpaired) electrons. The van der Waals surface area contributed by atoms with E-state index in [-0.39, 0.29) is 5.97 Å². The van der Waals surface area contributed by atoms with Crippen molar-refractivity contribution in [1.82, 2.24) is 0 Å². The number of aliphatic carboxylic acids is 1. The highest BCUT2D eigenvalue weighted by atomic mass is 16.5. The summed E-state index contributed by atoms with van der Waals surface area (Å²) in [6, 6.07) is 0. The Kier molecular flexibility index (Phi) is 5.41. The minimum atomic E-state index is -0.581. The molecule has 8 rings (SSSR count). The van der Waals surface area contributed by atoms with Gasteiger partial charge >= 0.3 is 11.9 Å². The first-order valence-electron chi connectivity index (χ1n) is 12.3. The zero-order valence-corrected chi connectivity index (χ0v) is 17.9. The van der Waals surface area contributed by atoms with E-state index in [1.807, 2.05) is 0 Å². The number of methoxy groups -OCH3 is 1. The quantitative estimate of drug-likeness (QED) is 0.660. The summed E-state index contributed by atoms with van der Waals surface area (Å²) < 4.78 is 4.82. The van der Waals surface area contributed by atoms with Crippen molar-refractivity contribution in [2.45, 2.75) is 77.0 Å². The van der Waals surface area contributed by atoms with E-state index < -0.39 is 5.97 Å². The average Bonchev–Trinajstić information content (AvgIpc) is 2.66. The number of carbonyl (C=O) groups is 2. The van der Waals surface area contributed by atoms with Crippen molar-refractivity contribution in [3.05, 3.63) is 0 Å². The standard InChI is InChI=1S/C13H20O2.C12H18O2/c1-15-13(14)7-12-10-3-8-2-9(5-10)6-11(12)4-8;13-12(14)6-11-9-2-7-1-8(4-9)5-10(11)3-7/h8-12H,2-7H2,1H3;7-11H,1-6H2,(H,13,14). The summed E-state index contributed by atoms with van der Waals surface area (Å²) in [4.78, 5) is 22.2. The molecule has 4 nitrogen and oxygen atoms in total. The molecule has 8 bridgehead atoms. The summed E-state index contributed by atoms with van der Waals surface area (Å²) >= 11 is 0. The third-order valence-electron chi connectivity index (χ3n) is 9.88. The van der Waals surface area contributed by atoms with Crippen molar-refractivity contribution in [3.63, 3.8) is 0 Å². The molecule has 0 spiro atoms. The number of hydrogen-bond donors (Lipinski definition) is 1. The fourth-order valence-corrected chi connectivity index (χ4v) is 9.22. The van der Waals surface area contributed by atoms with Gasteiger partial charge in [0.2, 0.25) is 0 Å². The Morgan fingerprint density at radius 1 is 0.655 bits per heavy atom. The van der Waals surface area contributed by atoms with Gasteiger partial charge in [-0.3, -0.25) is 9.59 Å². The first-order valence-corrected chi connectivity index (χ1v) is 12.3. The van der Waals surface area contributed by atoms with Crippen molar-refractivity contribution in [3.8, 4) is 0 Å². The van der Waals surface area contributed by atoms with Gasteiger partial charge in [-0.15, -0.1) is 0 Å². The highest BCUT2D eigenvalue weighted by molar-refractivity contribution is 5.69. The maximum absolute atomic E-state index is 11.4. The number of ether oxygens (including phenoxy) is 1. The minimum Gasteiger partial charge on any atom is -0.481 e. The summed E-state index contributed by atoms with van der Waals surface area (Å²) in [7, 11) is 1.51. The number of carboxylic acid groups (broad SMARTS) is 1. The normalized spacial score (nSPS) is 48.2. The first-order chi connectivity index (χ1) is 14.0. The number of carbonyl (C=O) groups excluding carboxylic acids is 1. The molecular formula is C25H38O4. The molecule has 0 unspecified atom stereocenters. The number of rotatable bonds is 4. The van der Waals surface area contributed by atoms with Gasteiger partial charge in [-0.25, -0.2) is 0 Å². The summed E-state index contributed by atoms with van der Waals surface area (Å²) in [6.07, 6.45) is 15.0. The fourth-order valence-electron chi connectivity index (χ4n) is 9.22. The Labute approximate surface area is 175 Å². The second-order valence-electron chi connectivity index (χ2n) is 11.6. The highest BCUT2D eigenvalue weighted by Crippen LogP contribution is 2.58. The van der Waals surface area contributed by atoms with Crippen LogP contribution in [-0.4, -0.2) is 24.2 Å². The predicted octanol–water partition coefficient (Wildman–Crippen LogP) is 5.16. The molecule has 162 valence electrons. The summed E-state index contributed by atoms with van der Waals surface area (Å²) in [6.45, 7) is 0. The maximum atomic E-state index is 11.4. The van der Waals surface area contributed by atoms with Crippen molar-refractivity contribution in [2.24, 2.45) is 59.2 Å². The van der Waals surface area contributed by atoms with Crippen molar-refractivity contribution in [1.29, 1.82) is 0 Å². The average molecular weight is 403 g/mol. The molecule has 8 aliphatic rings. The van der Waals surface area contributed by atoms with E-state index in [9.17, 15) is 9.59 Å². The lowest BCUT2D eigenvalue weighted by atomic mass is 9.51. The van der Waals surface area contributed by atoms with Gasteiger partial charge < -0.3 is 9.84 Å². The van der Waals surface area contributed by atoms with Gasteiger partial charge in [-0.05, 0) is 123 Å². The largest absolute Gasteiger partial charge is 0.481 e. The van der Waals surface area contributed by atoms with E-state index in [2.05, 4.69) is 0 Å². The SMILES string of the molecule is COC(=O)CC1C2CC3CC(C2)CC1C3.O=C(O)CC1C2CC3CC(C2)CC1C3. The molecule has 29 heavy (non-hydrogen) atoms. The van der Waals surface area contributed by atoms with Crippen LogP contribution in [0.15, 0.2) is 0 Å². The molecule has 0 saturated heterocycles. The van der Waals surface area contributed by atoms with E-state index in [1.165, 1.54) is 71.3 Å². The van der Waals surface area contributed by atoms with Gasteiger partial charge in [0.25, 0.3) is 0 Å². The molecule has 0 aromatic carbocycles. The van der Waals surface area contributed by atoms with Crippen molar-refractivity contribution >= 4 is 11.9 Å². The third-order valence-corrected chi connectivity index (χ3v) is 9.88. The van der Waals surface area contributed by atoms with Crippen LogP contribution in [0.1, 0.15) is 77.0 Å². The van der Waals surface area contributed by atoms with Crippen LogP contribution in [0.2, 0.25) is 0 Å². The molecule has 8 fully saturated rings. The smallest absolute Gasteiger partial charge is 0.305 e. The summed E-state index contributed by atoms with van der Waals surface area (Å²) in [5.74, 6) is 7.76. The second-order valence-corrected chi connectivity index (χ2v) is 11.6. The summed E-state index contributed by atoms with van der Waals surface area (Å²) in [5.41, 5.74) is 0. The van der Waals surface area contributed by atoms with Gasteiger partial charge in [-0.1, -0.05) is 0 Å². The van der Waals surface area contributed by atoms with Crippen LogP contribution in [0.25, 0.3) is 0 Å². The van der Waals surface area contributed by atoms with E-state index in [4.69, 9.17) is 9.84 Å². The van der Waals surface area contributed by atoms with E-state index >= 15 is 0 Å². The molecule has 1 N–H and O–H groups in total. The second kappa shape index (κ2) is 7.89. The molecule has 8 saturated carbocycles. The lowest BCUT2D eigenvalue weighted by Gasteiger charge is -2.54. The number of esters is 1. The monoisotopic (exact) mass is 402 g/mol. The Balaban J connectivity index is 0.000000125. The van der Waals surface area contributed by atoms with Gasteiger partial charge in [0.1, 0.15) is 0 Å². The number of carboxylic acids is 1. The first kappa shape index (κ1) is 19.9. The Hall–Kier alpha value is -1.06. The molecule has 4 heteroatoms. The van der Waals surface area contributed by atoms with E-state index in [0.29, 0.717) is 24.7 Å². The maximum Gasteiger partial charge on any atom is 0.305 e. The molecule has 0 atom stereocenters. The highest BCUT2D eigenvalue weighted by Gasteiger charge is 2.49. The van der Waals surface area contributed by atoms with Gasteiger partial charge in [0.05, 0.1) is 7.11 Å². The Bertz CT molecular complexity index is 585. The fraction of sp³-hybridized carbons (Fsp3) is 0.920. The molecule has 0 amide bonds. The van der Waals surface area contributed by atoms with Crippen LogP contribution in [0.4, 0.5) is 0 Å². The van der Waals surface area contributed by atoms with Crippen LogP contribution in [0.5, 0.6) is 0 Å². The van der Waals surface area contributed by atoms with Gasteiger partial charge in [0, 0.05) is 12.8 Å². The lowest BCUT2D eigenvalue weighted by molar-refractivity contribution is -0.146. The number of hydrogen-bond acceptors (Lipinski definition) is 3. The minimum absolute atomic E-state index is 0.00692. The van der Waals surface area contributed by atoms with Gasteiger partial charge in [-0.2, -0.15) is 0 Å². The van der Waals surface area contributed by atoms with E-state index in [1.54, 1.807) is 0 Å². The van der Waals surface area contributed by atoms with Crippen molar-refractivity contribution < 1.29 is 19.4 Å². The molecule has 0 aromatic heterocycles. The van der Waals surface area contributed by atoms with Crippen molar-refractivity contribution in [2.75, 3.05) is 7.11 Å². The van der Waals surface area contributed by atoms with Crippen LogP contribution in [-0.2, 0) is 14.3 Å². The van der Waals surface area contributed by atoms with Crippen LogP contribution >= 0.6 is 0 Å². The lowest BCUT2D eigenvalue weighted by Crippen LogP contribution is -2.45. The predicted molar refractivity (Wildman–Crippen MR) is 110 cm³/mol. The molecule has 0 aromatic rings. The molecule has 8 aliphatic carbocycles. The zero-order chi connectivity index (χ0) is 20.1. The van der Waals surface area contributed by atoms with Crippen LogP contribution < -0.4 is 0 Å². The molecular weight excluding hydrogens is 364 g/mol. The van der Waals surface area contributed by atoms with E-state index in [0.717, 1.165) is 47.3 Å². The summed E-state index contributed by atoms with van der Waals surface area (Å²) in [5, 5.41) is 8.90. The Morgan fingerprint density at radius 3 is 1.31 bits per heavy atom. The van der Waals surface area contributed by atoms with Crippen LogP contribution in [0, 0.1) is 59.2 Å². The van der Waals surface area contributed by atoms with Gasteiger partial charge in [0.15, 0.2) is 0 Å². The molecule has 0 aliphatic heterocycles. The zero-order valence-electron chi connectivity index (χ0n) is 17.9. The van der Waals surface area contributed by atoms with Crippen LogP contribution in [0.3, 0.4) is 0 Å². The topological polar surface area (TPSA) is 63.6 Å². The molecule has 0 heterocycles. The third kappa shape index (κ3) is 3.97. The Morgan fingerprint density at radius 2 is 1.00 bits per heavy atom.